The number of carbonyl (C=O) groups excluding carboxylic acids is 4. The summed E-state index contributed by atoms with van der Waals surface area (Å²) in [6.07, 6.45) is 2.54. The highest BCUT2D eigenvalue weighted by molar-refractivity contribution is 5.95. The molecule has 9 N–H and O–H groups in total. The number of rotatable bonds is 16. The van der Waals surface area contributed by atoms with Crippen molar-refractivity contribution in [2.24, 2.45) is 23.3 Å². The van der Waals surface area contributed by atoms with E-state index in [-0.39, 0.29) is 37.5 Å². The quantitative estimate of drug-likeness (QED) is 0.158. The Hall–Kier alpha value is -3.93. The third-order valence-corrected chi connectivity index (χ3v) is 6.89. The van der Waals surface area contributed by atoms with Gasteiger partial charge in [0.2, 0.25) is 23.6 Å². The Morgan fingerprint density at radius 1 is 0.950 bits per heavy atom. The maximum atomic E-state index is 13.5. The number of fused-ring (bicyclic) bond motifs is 1. The lowest BCUT2D eigenvalue weighted by Gasteiger charge is -2.27. The van der Waals surface area contributed by atoms with Crippen LogP contribution < -0.4 is 27.4 Å². The molecule has 1 aromatic carbocycles. The lowest BCUT2D eigenvalue weighted by Crippen LogP contribution is -2.58. The topological polar surface area (TPSA) is 210 Å². The van der Waals surface area contributed by atoms with Crippen molar-refractivity contribution in [1.82, 2.24) is 20.9 Å². The van der Waals surface area contributed by atoms with Crippen LogP contribution in [0.3, 0.4) is 0 Å². The number of hydrogen-bond acceptors (Lipinski definition) is 6. The number of aromatic nitrogens is 1. The molecule has 0 aliphatic heterocycles. The molecule has 0 radical (unpaired) electrons. The smallest absolute Gasteiger partial charge is 0.326 e. The third kappa shape index (κ3) is 9.37. The van der Waals surface area contributed by atoms with Gasteiger partial charge in [-0.1, -0.05) is 52.3 Å². The molecule has 0 saturated carbocycles. The number of nitrogens with one attached hydrogen (secondary N) is 4. The number of H-pyrrole nitrogens is 1. The summed E-state index contributed by atoms with van der Waals surface area (Å²) < 4.78 is 0. The van der Waals surface area contributed by atoms with Gasteiger partial charge in [0.25, 0.3) is 0 Å². The van der Waals surface area contributed by atoms with Gasteiger partial charge in [0.1, 0.15) is 18.1 Å². The number of aromatic amines is 1. The van der Waals surface area contributed by atoms with E-state index in [1.54, 1.807) is 13.1 Å². The second-order valence-electron chi connectivity index (χ2n) is 10.6. The Bertz CT molecular complexity index is 1190. The van der Waals surface area contributed by atoms with Gasteiger partial charge in [0.15, 0.2) is 0 Å². The van der Waals surface area contributed by atoms with E-state index in [1.165, 1.54) is 0 Å². The minimum absolute atomic E-state index is 0.000539. The molecule has 0 fully saturated rings. The molecular weight excluding hydrogens is 516 g/mol. The SMILES string of the molecule is CCC(C)C(NC(=O)C(Cc1c[nH]c2ccccc12)NC(=O)C(CC(C)C)NC(=O)C(N)CCC(N)=O)C(=O)O. The molecule has 220 valence electrons. The van der Waals surface area contributed by atoms with E-state index in [4.69, 9.17) is 11.5 Å². The van der Waals surface area contributed by atoms with Crippen molar-refractivity contribution in [3.8, 4) is 0 Å². The summed E-state index contributed by atoms with van der Waals surface area (Å²) in [7, 11) is 0. The molecule has 2 aromatic rings. The minimum Gasteiger partial charge on any atom is -0.480 e. The van der Waals surface area contributed by atoms with Crippen LogP contribution in [0.1, 0.15) is 58.9 Å². The number of para-hydroxylation sites is 1. The van der Waals surface area contributed by atoms with E-state index < -0.39 is 53.8 Å². The lowest BCUT2D eigenvalue weighted by molar-refractivity contribution is -0.143. The Balaban J connectivity index is 2.32. The highest BCUT2D eigenvalue weighted by Gasteiger charge is 2.32. The highest BCUT2D eigenvalue weighted by atomic mass is 16.4. The maximum absolute atomic E-state index is 13.5. The Morgan fingerprint density at radius 2 is 1.57 bits per heavy atom. The monoisotopic (exact) mass is 558 g/mol. The summed E-state index contributed by atoms with van der Waals surface area (Å²) in [5.41, 5.74) is 12.6. The lowest BCUT2D eigenvalue weighted by atomic mass is 9.97. The van der Waals surface area contributed by atoms with Crippen LogP contribution >= 0.6 is 0 Å². The summed E-state index contributed by atoms with van der Waals surface area (Å²) in [4.78, 5) is 65.7. The van der Waals surface area contributed by atoms with Crippen LogP contribution in [0.15, 0.2) is 30.5 Å². The second-order valence-corrected chi connectivity index (χ2v) is 10.6. The molecule has 12 heteroatoms. The van der Waals surface area contributed by atoms with Crippen LogP contribution in [0, 0.1) is 11.8 Å². The molecular formula is C28H42N6O6. The van der Waals surface area contributed by atoms with Crippen molar-refractivity contribution in [3.63, 3.8) is 0 Å². The molecule has 0 aliphatic carbocycles. The zero-order valence-electron chi connectivity index (χ0n) is 23.5. The molecule has 5 atom stereocenters. The van der Waals surface area contributed by atoms with E-state index in [0.717, 1.165) is 16.5 Å². The second kappa shape index (κ2) is 15.0. The fraction of sp³-hybridized carbons (Fsp3) is 0.536. The average Bonchev–Trinajstić information content (AvgIpc) is 3.31. The molecule has 40 heavy (non-hydrogen) atoms. The highest BCUT2D eigenvalue weighted by Crippen LogP contribution is 2.20. The normalized spacial score (nSPS) is 15.1. The van der Waals surface area contributed by atoms with Gasteiger partial charge in [0, 0.05) is 29.9 Å². The van der Waals surface area contributed by atoms with E-state index in [9.17, 15) is 29.1 Å². The van der Waals surface area contributed by atoms with Crippen molar-refractivity contribution < 1.29 is 29.1 Å². The summed E-state index contributed by atoms with van der Waals surface area (Å²) in [6.45, 7) is 7.30. The molecule has 4 amide bonds. The van der Waals surface area contributed by atoms with Gasteiger partial charge in [0.05, 0.1) is 6.04 Å². The van der Waals surface area contributed by atoms with Crippen molar-refractivity contribution in [3.05, 3.63) is 36.0 Å². The number of hydrogen-bond donors (Lipinski definition) is 7. The van der Waals surface area contributed by atoms with Gasteiger partial charge in [-0.15, -0.1) is 0 Å². The largest absolute Gasteiger partial charge is 0.480 e. The predicted molar refractivity (Wildman–Crippen MR) is 151 cm³/mol. The van der Waals surface area contributed by atoms with Crippen LogP contribution in [0.4, 0.5) is 0 Å². The summed E-state index contributed by atoms with van der Waals surface area (Å²) in [6, 6.07) is 3.14. The van der Waals surface area contributed by atoms with Crippen LogP contribution in [0.5, 0.6) is 0 Å². The van der Waals surface area contributed by atoms with Crippen LogP contribution in [0.2, 0.25) is 0 Å². The van der Waals surface area contributed by atoms with E-state index in [2.05, 4.69) is 20.9 Å². The van der Waals surface area contributed by atoms with Crippen molar-refractivity contribution in [2.45, 2.75) is 84.0 Å². The first kappa shape index (κ1) is 32.3. The van der Waals surface area contributed by atoms with Crippen LogP contribution in [-0.4, -0.2) is 63.9 Å². The first-order valence-electron chi connectivity index (χ1n) is 13.6. The molecule has 12 nitrogen and oxygen atoms in total. The van der Waals surface area contributed by atoms with Crippen LogP contribution in [0.25, 0.3) is 10.9 Å². The fourth-order valence-electron chi connectivity index (χ4n) is 4.35. The first-order chi connectivity index (χ1) is 18.8. The molecule has 0 saturated heterocycles. The van der Waals surface area contributed by atoms with Gasteiger partial charge < -0.3 is 37.5 Å². The number of benzene rings is 1. The summed E-state index contributed by atoms with van der Waals surface area (Å²) >= 11 is 0. The molecule has 5 unspecified atom stereocenters. The van der Waals surface area contributed by atoms with E-state index >= 15 is 0 Å². The van der Waals surface area contributed by atoms with Gasteiger partial charge >= 0.3 is 5.97 Å². The van der Waals surface area contributed by atoms with Gasteiger partial charge in [-0.25, -0.2) is 4.79 Å². The van der Waals surface area contributed by atoms with Crippen molar-refractivity contribution in [1.29, 1.82) is 0 Å². The summed E-state index contributed by atoms with van der Waals surface area (Å²) in [5, 5.41) is 18.5. The number of carboxylic acid groups (broad SMARTS) is 1. The average molecular weight is 559 g/mol. The van der Waals surface area contributed by atoms with Crippen molar-refractivity contribution >= 4 is 40.5 Å². The molecule has 2 rings (SSSR count). The Labute approximate surface area is 234 Å². The van der Waals surface area contributed by atoms with E-state index in [0.29, 0.717) is 6.42 Å². The number of aliphatic carboxylic acids is 1. The Kier molecular flexibility index (Phi) is 12.1. The zero-order valence-corrected chi connectivity index (χ0v) is 23.5. The molecule has 1 aromatic heterocycles. The van der Waals surface area contributed by atoms with E-state index in [1.807, 2.05) is 45.0 Å². The summed E-state index contributed by atoms with van der Waals surface area (Å²) in [5.74, 6) is -4.00. The number of nitrogens with two attached hydrogens (primary N) is 2. The number of amides is 4. The molecule has 0 aliphatic rings. The number of carboxylic acids is 1. The number of primary amides is 1. The first-order valence-corrected chi connectivity index (χ1v) is 13.6. The standard InChI is InChI=1S/C28H42N6O6/c1-5-16(4)24(28(39)40)34-27(38)22(13-17-14-31-20-9-7-6-8-18(17)20)33-26(37)21(12-15(2)3)32-25(36)19(29)10-11-23(30)35/h6-9,14-16,19,21-22,24,31H,5,10-13,29H2,1-4H3,(H2,30,35)(H,32,36)(H,33,37)(H,34,38)(H,39,40). The Morgan fingerprint density at radius 3 is 2.17 bits per heavy atom. The van der Waals surface area contributed by atoms with Gasteiger partial charge in [-0.3, -0.25) is 19.2 Å². The van der Waals surface area contributed by atoms with Crippen LogP contribution in [-0.2, 0) is 30.4 Å². The third-order valence-electron chi connectivity index (χ3n) is 6.89. The minimum atomic E-state index is -1.17. The van der Waals surface area contributed by atoms with Crippen molar-refractivity contribution in [2.75, 3.05) is 0 Å². The molecule has 0 spiro atoms. The number of carbonyl (C=O) groups is 5. The fourth-order valence-corrected chi connectivity index (χ4v) is 4.35. The van der Waals surface area contributed by atoms with Gasteiger partial charge in [-0.05, 0) is 36.3 Å². The van der Waals surface area contributed by atoms with Gasteiger partial charge in [-0.2, -0.15) is 0 Å². The molecule has 0 bridgehead atoms. The zero-order chi connectivity index (χ0) is 30.0. The molecule has 1 heterocycles. The maximum Gasteiger partial charge on any atom is 0.326 e. The predicted octanol–water partition coefficient (Wildman–Crippen LogP) is 0.934.